The summed E-state index contributed by atoms with van der Waals surface area (Å²) in [6, 6.07) is 3.54. The Bertz CT molecular complexity index is 453. The predicted octanol–water partition coefficient (Wildman–Crippen LogP) is 3.58. The van der Waals surface area contributed by atoms with Crippen LogP contribution in [-0.2, 0) is 4.74 Å². The number of anilines is 2. The minimum atomic E-state index is -0.128. The number of hydrogen-bond donors (Lipinski definition) is 1. The van der Waals surface area contributed by atoms with Gasteiger partial charge in [-0.25, -0.2) is 0 Å². The van der Waals surface area contributed by atoms with Gasteiger partial charge in [-0.1, -0.05) is 23.2 Å². The second-order valence-corrected chi connectivity index (χ2v) is 5.82. The summed E-state index contributed by atoms with van der Waals surface area (Å²) in [5, 5.41) is 1.02. The van der Waals surface area contributed by atoms with Crippen molar-refractivity contribution in [2.75, 3.05) is 30.8 Å². The molecule has 0 aliphatic carbocycles. The van der Waals surface area contributed by atoms with Gasteiger partial charge in [0, 0.05) is 20.2 Å². The molecule has 1 heterocycles. The number of methoxy groups -OCH3 is 1. The van der Waals surface area contributed by atoms with E-state index < -0.39 is 0 Å². The average molecular weight is 289 g/mol. The van der Waals surface area contributed by atoms with Gasteiger partial charge >= 0.3 is 0 Å². The summed E-state index contributed by atoms with van der Waals surface area (Å²) in [6.45, 7) is 3.89. The number of nitrogen functional groups attached to an aromatic ring is 1. The lowest BCUT2D eigenvalue weighted by Crippen LogP contribution is -2.47. The number of nitrogens with two attached hydrogens (primary N) is 1. The summed E-state index contributed by atoms with van der Waals surface area (Å²) in [5.41, 5.74) is 7.49. The van der Waals surface area contributed by atoms with E-state index in [1.165, 1.54) is 0 Å². The van der Waals surface area contributed by atoms with Crippen LogP contribution in [0.4, 0.5) is 11.4 Å². The number of ether oxygens (including phenoxy) is 1. The summed E-state index contributed by atoms with van der Waals surface area (Å²) < 4.78 is 5.58. The molecule has 5 heteroatoms. The number of halogens is 2. The van der Waals surface area contributed by atoms with Crippen molar-refractivity contribution >= 4 is 34.6 Å². The highest BCUT2D eigenvalue weighted by atomic mass is 35.5. The first-order chi connectivity index (χ1) is 8.45. The van der Waals surface area contributed by atoms with Gasteiger partial charge in [-0.15, -0.1) is 0 Å². The Morgan fingerprint density at radius 2 is 2.00 bits per heavy atom. The Labute approximate surface area is 118 Å². The van der Waals surface area contributed by atoms with Crippen LogP contribution in [0.15, 0.2) is 12.1 Å². The number of nitrogens with zero attached hydrogens (tertiary/aromatic N) is 1. The first-order valence-electron chi connectivity index (χ1n) is 6.00. The Kier molecular flexibility index (Phi) is 3.95. The molecule has 100 valence electrons. The zero-order chi connectivity index (χ0) is 13.3. The largest absolute Gasteiger partial charge is 0.397 e. The molecule has 0 amide bonds. The van der Waals surface area contributed by atoms with Crippen molar-refractivity contribution in [2.45, 2.75) is 25.4 Å². The quantitative estimate of drug-likeness (QED) is 0.846. The standard InChI is InChI=1S/C13H18Cl2N2O/c1-13(18-2)4-3-5-17(8-13)12-7-10(15)9(14)6-11(12)16/h6-7H,3-5,8,16H2,1-2H3. The predicted molar refractivity (Wildman–Crippen MR) is 77.7 cm³/mol. The van der Waals surface area contributed by atoms with Crippen LogP contribution in [0, 0.1) is 0 Å². The van der Waals surface area contributed by atoms with Crippen LogP contribution in [0.1, 0.15) is 19.8 Å². The molecule has 0 radical (unpaired) electrons. The molecule has 1 aliphatic heterocycles. The summed E-state index contributed by atoms with van der Waals surface area (Å²) in [7, 11) is 1.75. The van der Waals surface area contributed by atoms with Gasteiger partial charge in [0.25, 0.3) is 0 Å². The fourth-order valence-electron chi connectivity index (χ4n) is 2.40. The molecular formula is C13H18Cl2N2O. The van der Waals surface area contributed by atoms with Crippen molar-refractivity contribution in [3.63, 3.8) is 0 Å². The Balaban J connectivity index is 2.29. The Hall–Kier alpha value is -0.640. The Morgan fingerprint density at radius 3 is 2.67 bits per heavy atom. The van der Waals surface area contributed by atoms with Crippen molar-refractivity contribution in [1.82, 2.24) is 0 Å². The van der Waals surface area contributed by atoms with Crippen molar-refractivity contribution in [3.05, 3.63) is 22.2 Å². The lowest BCUT2D eigenvalue weighted by atomic mass is 9.94. The monoisotopic (exact) mass is 288 g/mol. The van der Waals surface area contributed by atoms with E-state index >= 15 is 0 Å². The molecule has 2 N–H and O–H groups in total. The summed E-state index contributed by atoms with van der Waals surface area (Å²) in [5.74, 6) is 0. The van der Waals surface area contributed by atoms with Crippen LogP contribution in [0.3, 0.4) is 0 Å². The molecular weight excluding hydrogens is 271 g/mol. The lowest BCUT2D eigenvalue weighted by Gasteiger charge is -2.41. The van der Waals surface area contributed by atoms with E-state index in [1.807, 2.05) is 6.07 Å². The molecule has 0 aromatic heterocycles. The number of rotatable bonds is 2. The highest BCUT2D eigenvalue weighted by molar-refractivity contribution is 6.42. The fourth-order valence-corrected chi connectivity index (χ4v) is 2.73. The van der Waals surface area contributed by atoms with Gasteiger partial charge in [0.1, 0.15) is 0 Å². The van der Waals surface area contributed by atoms with Gasteiger partial charge in [0.05, 0.1) is 27.0 Å². The molecule has 0 spiro atoms. The maximum Gasteiger partial charge on any atom is 0.0825 e. The molecule has 0 saturated carbocycles. The second kappa shape index (κ2) is 5.16. The molecule has 18 heavy (non-hydrogen) atoms. The van der Waals surface area contributed by atoms with E-state index in [-0.39, 0.29) is 5.60 Å². The van der Waals surface area contributed by atoms with Crippen LogP contribution in [0.5, 0.6) is 0 Å². The zero-order valence-corrected chi connectivity index (χ0v) is 12.2. The number of piperidine rings is 1. The lowest BCUT2D eigenvalue weighted by molar-refractivity contribution is -0.00462. The van der Waals surface area contributed by atoms with Crippen molar-refractivity contribution in [2.24, 2.45) is 0 Å². The van der Waals surface area contributed by atoms with Gasteiger partial charge in [-0.3, -0.25) is 0 Å². The van der Waals surface area contributed by atoms with Crippen LogP contribution in [0.25, 0.3) is 0 Å². The SMILES string of the molecule is COC1(C)CCCN(c2cc(Cl)c(Cl)cc2N)C1. The highest BCUT2D eigenvalue weighted by Crippen LogP contribution is 2.36. The van der Waals surface area contributed by atoms with Gasteiger partial charge in [0.2, 0.25) is 0 Å². The molecule has 0 bridgehead atoms. The first-order valence-corrected chi connectivity index (χ1v) is 6.75. The molecule has 1 aromatic carbocycles. The third-order valence-corrected chi connectivity index (χ3v) is 4.28. The smallest absolute Gasteiger partial charge is 0.0825 e. The molecule has 2 rings (SSSR count). The second-order valence-electron chi connectivity index (χ2n) is 5.00. The third kappa shape index (κ3) is 2.68. The molecule has 1 aliphatic rings. The van der Waals surface area contributed by atoms with Crippen molar-refractivity contribution in [1.29, 1.82) is 0 Å². The van der Waals surface area contributed by atoms with E-state index in [0.29, 0.717) is 15.7 Å². The van der Waals surface area contributed by atoms with Gasteiger partial charge in [0.15, 0.2) is 0 Å². The summed E-state index contributed by atoms with van der Waals surface area (Å²) >= 11 is 12.0. The first kappa shape index (κ1) is 13.8. The van der Waals surface area contributed by atoms with E-state index in [4.69, 9.17) is 33.7 Å². The number of hydrogen-bond acceptors (Lipinski definition) is 3. The molecule has 1 unspecified atom stereocenters. The minimum Gasteiger partial charge on any atom is -0.397 e. The van der Waals surface area contributed by atoms with E-state index in [2.05, 4.69) is 11.8 Å². The number of benzene rings is 1. The minimum absolute atomic E-state index is 0.128. The van der Waals surface area contributed by atoms with Crippen molar-refractivity contribution in [3.8, 4) is 0 Å². The molecule has 3 nitrogen and oxygen atoms in total. The summed E-state index contributed by atoms with van der Waals surface area (Å²) in [4.78, 5) is 2.21. The van der Waals surface area contributed by atoms with Gasteiger partial charge in [-0.05, 0) is 31.9 Å². The van der Waals surface area contributed by atoms with E-state index in [1.54, 1.807) is 13.2 Å². The maximum absolute atomic E-state index is 6.06. The third-order valence-electron chi connectivity index (χ3n) is 3.56. The van der Waals surface area contributed by atoms with E-state index in [0.717, 1.165) is 31.6 Å². The zero-order valence-electron chi connectivity index (χ0n) is 10.7. The van der Waals surface area contributed by atoms with Crippen LogP contribution in [0.2, 0.25) is 10.0 Å². The topological polar surface area (TPSA) is 38.5 Å². The van der Waals surface area contributed by atoms with Crippen LogP contribution in [-0.4, -0.2) is 25.8 Å². The Morgan fingerprint density at radius 1 is 1.33 bits per heavy atom. The average Bonchev–Trinajstić information content (AvgIpc) is 2.34. The molecule has 1 fully saturated rings. The van der Waals surface area contributed by atoms with E-state index in [9.17, 15) is 0 Å². The normalized spacial score (nSPS) is 24.3. The molecule has 1 aromatic rings. The highest BCUT2D eigenvalue weighted by Gasteiger charge is 2.31. The van der Waals surface area contributed by atoms with Gasteiger partial charge < -0.3 is 15.4 Å². The van der Waals surface area contributed by atoms with Crippen molar-refractivity contribution < 1.29 is 4.74 Å². The fraction of sp³-hybridized carbons (Fsp3) is 0.538. The van der Waals surface area contributed by atoms with Gasteiger partial charge in [-0.2, -0.15) is 0 Å². The molecule has 1 atom stereocenters. The maximum atomic E-state index is 6.06. The van der Waals surface area contributed by atoms with Crippen LogP contribution < -0.4 is 10.6 Å². The van der Waals surface area contributed by atoms with Crippen LogP contribution >= 0.6 is 23.2 Å². The molecule has 1 saturated heterocycles. The summed E-state index contributed by atoms with van der Waals surface area (Å²) in [6.07, 6.45) is 2.13.